The number of ether oxygens (including phenoxy) is 1. The smallest absolute Gasteiger partial charge is 0.138 e. The molecule has 2 N–H and O–H groups in total. The molecule has 0 radical (unpaired) electrons. The van der Waals surface area contributed by atoms with Gasteiger partial charge in [0.1, 0.15) is 6.29 Å². The predicted octanol–water partition coefficient (Wildman–Crippen LogP) is -1.24. The molecular formula is C7H14N2O2. The molecule has 0 aliphatic carbocycles. The summed E-state index contributed by atoms with van der Waals surface area (Å²) in [5, 5.41) is 6.30. The van der Waals surface area contributed by atoms with Crippen molar-refractivity contribution in [3.8, 4) is 0 Å². The van der Waals surface area contributed by atoms with Crippen molar-refractivity contribution in [2.75, 3.05) is 26.8 Å². The van der Waals surface area contributed by atoms with Gasteiger partial charge in [-0.1, -0.05) is 0 Å². The Bertz CT molecular complexity index is 128. The number of carbonyl (C=O) groups excluding carboxylic acids is 1. The second-order valence-electron chi connectivity index (χ2n) is 2.72. The summed E-state index contributed by atoms with van der Waals surface area (Å²) in [6.07, 6.45) is 0.925. The van der Waals surface area contributed by atoms with Crippen LogP contribution >= 0.6 is 0 Å². The summed E-state index contributed by atoms with van der Waals surface area (Å²) >= 11 is 0. The van der Waals surface area contributed by atoms with Gasteiger partial charge in [-0.2, -0.15) is 0 Å². The average molecular weight is 158 g/mol. The number of aldehydes is 1. The summed E-state index contributed by atoms with van der Waals surface area (Å²) in [7, 11) is 1.66. The molecule has 0 bridgehead atoms. The van der Waals surface area contributed by atoms with Crippen LogP contribution < -0.4 is 10.6 Å². The number of rotatable bonds is 3. The van der Waals surface area contributed by atoms with Crippen molar-refractivity contribution in [2.24, 2.45) is 0 Å². The maximum Gasteiger partial charge on any atom is 0.138 e. The van der Waals surface area contributed by atoms with E-state index in [9.17, 15) is 4.79 Å². The Morgan fingerprint density at radius 3 is 3.09 bits per heavy atom. The van der Waals surface area contributed by atoms with Crippen LogP contribution in [0.15, 0.2) is 0 Å². The molecule has 1 aliphatic heterocycles. The predicted molar refractivity (Wildman–Crippen MR) is 41.5 cm³/mol. The summed E-state index contributed by atoms with van der Waals surface area (Å²) in [4.78, 5) is 10.4. The molecule has 11 heavy (non-hydrogen) atoms. The average Bonchev–Trinajstić information content (AvgIpc) is 2.06. The van der Waals surface area contributed by atoms with Crippen molar-refractivity contribution in [1.82, 2.24) is 10.6 Å². The van der Waals surface area contributed by atoms with Gasteiger partial charge in [0.05, 0.1) is 12.6 Å². The molecule has 0 aromatic heterocycles. The number of piperazine rings is 1. The molecule has 0 spiro atoms. The lowest BCUT2D eigenvalue weighted by molar-refractivity contribution is -0.110. The molecule has 2 atom stereocenters. The highest BCUT2D eigenvalue weighted by molar-refractivity contribution is 5.58. The van der Waals surface area contributed by atoms with Crippen molar-refractivity contribution in [3.05, 3.63) is 0 Å². The van der Waals surface area contributed by atoms with E-state index in [1.54, 1.807) is 7.11 Å². The van der Waals surface area contributed by atoms with Crippen LogP contribution in [0.2, 0.25) is 0 Å². The first-order chi connectivity index (χ1) is 5.36. The number of nitrogens with one attached hydrogen (secondary N) is 2. The zero-order chi connectivity index (χ0) is 8.10. The van der Waals surface area contributed by atoms with Crippen LogP contribution in [-0.4, -0.2) is 45.2 Å². The summed E-state index contributed by atoms with van der Waals surface area (Å²) in [5.41, 5.74) is 0. The minimum absolute atomic E-state index is 0.0519. The Balaban J connectivity index is 2.27. The maximum atomic E-state index is 10.4. The Morgan fingerprint density at radius 1 is 1.64 bits per heavy atom. The van der Waals surface area contributed by atoms with E-state index in [4.69, 9.17) is 4.74 Å². The molecule has 1 heterocycles. The van der Waals surface area contributed by atoms with Crippen LogP contribution in [0, 0.1) is 0 Å². The standard InChI is InChI=1S/C7H14N2O2/c1-11-5-7-3-8-2-6(4-10)9-7/h4,6-9H,2-3,5H2,1H3/t6?,7-/m1/s1. The summed E-state index contributed by atoms with van der Waals surface area (Å²) in [5.74, 6) is 0. The molecule has 4 nitrogen and oxygen atoms in total. The molecular weight excluding hydrogens is 144 g/mol. The van der Waals surface area contributed by atoms with Crippen LogP contribution in [0.1, 0.15) is 0 Å². The maximum absolute atomic E-state index is 10.4. The molecule has 0 amide bonds. The molecule has 0 saturated carbocycles. The van der Waals surface area contributed by atoms with E-state index in [2.05, 4.69) is 10.6 Å². The molecule has 1 rings (SSSR count). The monoisotopic (exact) mass is 158 g/mol. The highest BCUT2D eigenvalue weighted by Crippen LogP contribution is 1.92. The third-order valence-corrected chi connectivity index (χ3v) is 1.74. The van der Waals surface area contributed by atoms with E-state index < -0.39 is 0 Å². The Labute approximate surface area is 66.3 Å². The molecule has 0 aromatic rings. The normalized spacial score (nSPS) is 31.7. The van der Waals surface area contributed by atoms with E-state index in [1.165, 1.54) is 0 Å². The van der Waals surface area contributed by atoms with Crippen LogP contribution in [0.4, 0.5) is 0 Å². The number of hydrogen-bond donors (Lipinski definition) is 2. The summed E-state index contributed by atoms with van der Waals surface area (Å²) in [6.45, 7) is 2.25. The van der Waals surface area contributed by atoms with E-state index in [0.29, 0.717) is 6.61 Å². The van der Waals surface area contributed by atoms with Crippen LogP contribution in [0.5, 0.6) is 0 Å². The number of carbonyl (C=O) groups is 1. The summed E-state index contributed by atoms with van der Waals surface area (Å²) < 4.78 is 4.96. The zero-order valence-electron chi connectivity index (χ0n) is 6.67. The molecule has 1 saturated heterocycles. The molecule has 4 heteroatoms. The highest BCUT2D eigenvalue weighted by Gasteiger charge is 2.18. The highest BCUT2D eigenvalue weighted by atomic mass is 16.5. The molecule has 64 valence electrons. The van der Waals surface area contributed by atoms with Crippen LogP contribution in [0.3, 0.4) is 0 Å². The minimum Gasteiger partial charge on any atom is -0.383 e. The first kappa shape index (κ1) is 8.64. The minimum atomic E-state index is -0.0519. The van der Waals surface area contributed by atoms with Gasteiger partial charge in [0.15, 0.2) is 0 Å². The van der Waals surface area contributed by atoms with Gasteiger partial charge in [-0.05, 0) is 0 Å². The van der Waals surface area contributed by atoms with E-state index >= 15 is 0 Å². The van der Waals surface area contributed by atoms with Crippen molar-refractivity contribution >= 4 is 6.29 Å². The lowest BCUT2D eigenvalue weighted by Gasteiger charge is -2.28. The quantitative estimate of drug-likeness (QED) is 0.504. The molecule has 1 unspecified atom stereocenters. The first-order valence-electron chi connectivity index (χ1n) is 3.78. The fourth-order valence-electron chi connectivity index (χ4n) is 1.23. The van der Waals surface area contributed by atoms with E-state index in [0.717, 1.165) is 19.4 Å². The van der Waals surface area contributed by atoms with E-state index in [-0.39, 0.29) is 12.1 Å². The lowest BCUT2D eigenvalue weighted by Crippen LogP contribution is -2.57. The zero-order valence-corrected chi connectivity index (χ0v) is 6.67. The number of hydrogen-bond acceptors (Lipinski definition) is 4. The fraction of sp³-hybridized carbons (Fsp3) is 0.857. The van der Waals surface area contributed by atoms with Crippen molar-refractivity contribution in [2.45, 2.75) is 12.1 Å². The largest absolute Gasteiger partial charge is 0.383 e. The summed E-state index contributed by atoms with van der Waals surface area (Å²) in [6, 6.07) is 0.216. The second-order valence-corrected chi connectivity index (χ2v) is 2.72. The Morgan fingerprint density at radius 2 is 2.45 bits per heavy atom. The molecule has 1 aliphatic rings. The molecule has 0 aromatic carbocycles. The van der Waals surface area contributed by atoms with Gasteiger partial charge < -0.3 is 20.2 Å². The third-order valence-electron chi connectivity index (χ3n) is 1.74. The molecule has 1 fully saturated rings. The third kappa shape index (κ3) is 2.57. The Kier molecular flexibility index (Phi) is 3.48. The van der Waals surface area contributed by atoms with E-state index in [1.807, 2.05) is 0 Å². The van der Waals surface area contributed by atoms with Gasteiger partial charge in [0.25, 0.3) is 0 Å². The van der Waals surface area contributed by atoms with Gasteiger partial charge >= 0.3 is 0 Å². The number of methoxy groups -OCH3 is 1. The fourth-order valence-corrected chi connectivity index (χ4v) is 1.23. The second kappa shape index (κ2) is 4.43. The van der Waals surface area contributed by atoms with Gasteiger partial charge in [-0.3, -0.25) is 0 Å². The van der Waals surface area contributed by atoms with Gasteiger partial charge in [0, 0.05) is 26.2 Å². The van der Waals surface area contributed by atoms with Gasteiger partial charge in [-0.25, -0.2) is 0 Å². The first-order valence-corrected chi connectivity index (χ1v) is 3.78. The van der Waals surface area contributed by atoms with Crippen molar-refractivity contribution < 1.29 is 9.53 Å². The van der Waals surface area contributed by atoms with Crippen molar-refractivity contribution in [3.63, 3.8) is 0 Å². The van der Waals surface area contributed by atoms with Crippen molar-refractivity contribution in [1.29, 1.82) is 0 Å². The Hall–Kier alpha value is -0.450. The van der Waals surface area contributed by atoms with Gasteiger partial charge in [0.2, 0.25) is 0 Å². The van der Waals surface area contributed by atoms with Crippen LogP contribution in [-0.2, 0) is 9.53 Å². The SMILES string of the molecule is COC[C@H]1CNCC(C=O)N1. The topological polar surface area (TPSA) is 50.4 Å². The van der Waals surface area contributed by atoms with Gasteiger partial charge in [-0.15, -0.1) is 0 Å². The van der Waals surface area contributed by atoms with Crippen LogP contribution in [0.25, 0.3) is 0 Å². The lowest BCUT2D eigenvalue weighted by atomic mass is 10.2.